The van der Waals surface area contributed by atoms with Gasteiger partial charge >= 0.3 is 11.8 Å². The van der Waals surface area contributed by atoms with E-state index in [0.717, 1.165) is 12.1 Å². The lowest BCUT2D eigenvalue weighted by atomic mass is 10.2. The molecule has 3 aromatic rings. The number of hydrogen-bond acceptors (Lipinski definition) is 5. The normalized spacial score (nSPS) is 10.5. The zero-order valence-corrected chi connectivity index (χ0v) is 12.4. The number of carbonyl (C=O) groups excluding carboxylic acids is 1. The fraction of sp³-hybridized carbons (Fsp3) is 0.0625. The average Bonchev–Trinajstić information content (AvgIpc) is 3.08. The van der Waals surface area contributed by atoms with Gasteiger partial charge in [-0.2, -0.15) is 0 Å². The van der Waals surface area contributed by atoms with Gasteiger partial charge in [0, 0.05) is 17.3 Å². The first-order chi connectivity index (χ1) is 11.6. The Hall–Kier alpha value is -3.29. The fourth-order valence-electron chi connectivity index (χ4n) is 1.95. The lowest BCUT2D eigenvalue weighted by Gasteiger charge is -2.02. The molecule has 0 saturated heterocycles. The largest absolute Gasteiger partial charge is 0.497 e. The Morgan fingerprint density at radius 3 is 2.71 bits per heavy atom. The topological polar surface area (TPSA) is 77.2 Å². The third-order valence-corrected chi connectivity index (χ3v) is 3.11. The summed E-state index contributed by atoms with van der Waals surface area (Å²) in [5.74, 6) is -2.40. The monoisotopic (exact) mass is 331 g/mol. The van der Waals surface area contributed by atoms with Crippen LogP contribution in [0.25, 0.3) is 11.5 Å². The lowest BCUT2D eigenvalue weighted by molar-refractivity contribution is 0.0991. The molecule has 1 N–H and O–H groups in total. The molecule has 6 nitrogen and oxygen atoms in total. The maximum atomic E-state index is 13.1. The first-order valence-electron chi connectivity index (χ1n) is 6.81. The van der Waals surface area contributed by atoms with E-state index in [-0.39, 0.29) is 17.5 Å². The van der Waals surface area contributed by atoms with Crippen LogP contribution in [0.2, 0.25) is 0 Å². The molecule has 24 heavy (non-hydrogen) atoms. The van der Waals surface area contributed by atoms with Gasteiger partial charge in [0.2, 0.25) is 5.89 Å². The highest BCUT2D eigenvalue weighted by molar-refractivity contribution is 6.00. The molecule has 0 aliphatic heterocycles. The molecule has 1 heterocycles. The van der Waals surface area contributed by atoms with Gasteiger partial charge in [0.1, 0.15) is 5.75 Å². The number of benzene rings is 2. The van der Waals surface area contributed by atoms with E-state index in [1.807, 2.05) is 0 Å². The summed E-state index contributed by atoms with van der Waals surface area (Å²) in [6, 6.07) is 9.84. The summed E-state index contributed by atoms with van der Waals surface area (Å²) in [4.78, 5) is 12.0. The maximum absolute atomic E-state index is 13.1. The van der Waals surface area contributed by atoms with Gasteiger partial charge in [-0.05, 0) is 30.3 Å². The number of nitrogens with zero attached hydrogens (tertiary/aromatic N) is 2. The maximum Gasteiger partial charge on any atom is 0.313 e. The van der Waals surface area contributed by atoms with Gasteiger partial charge in [-0.3, -0.25) is 4.79 Å². The van der Waals surface area contributed by atoms with Gasteiger partial charge in [-0.25, -0.2) is 8.78 Å². The highest BCUT2D eigenvalue weighted by atomic mass is 19.2. The molecule has 0 aliphatic carbocycles. The number of anilines is 1. The summed E-state index contributed by atoms with van der Waals surface area (Å²) in [5, 5.41) is 9.78. The van der Waals surface area contributed by atoms with E-state index in [1.54, 1.807) is 24.3 Å². The molecule has 0 fully saturated rings. The van der Waals surface area contributed by atoms with Crippen LogP contribution in [0.5, 0.6) is 5.75 Å². The molecular weight excluding hydrogens is 320 g/mol. The van der Waals surface area contributed by atoms with Gasteiger partial charge in [0.25, 0.3) is 0 Å². The quantitative estimate of drug-likeness (QED) is 0.794. The van der Waals surface area contributed by atoms with Crippen molar-refractivity contribution in [2.24, 2.45) is 0 Å². The van der Waals surface area contributed by atoms with Crippen molar-refractivity contribution < 1.29 is 22.7 Å². The first kappa shape index (κ1) is 15.6. The molecular formula is C16H11F2N3O3. The zero-order valence-electron chi connectivity index (χ0n) is 12.4. The number of nitrogens with one attached hydrogen (secondary N) is 1. The highest BCUT2D eigenvalue weighted by Gasteiger charge is 2.17. The van der Waals surface area contributed by atoms with E-state index >= 15 is 0 Å². The second kappa shape index (κ2) is 6.45. The molecule has 0 aliphatic rings. The fourth-order valence-corrected chi connectivity index (χ4v) is 1.95. The molecule has 0 spiro atoms. The summed E-state index contributed by atoms with van der Waals surface area (Å²) in [7, 11) is 1.52. The van der Waals surface area contributed by atoms with Gasteiger partial charge in [0.15, 0.2) is 11.6 Å². The minimum Gasteiger partial charge on any atom is -0.497 e. The number of carbonyl (C=O) groups is 1. The molecule has 1 aromatic heterocycles. The van der Waals surface area contributed by atoms with E-state index in [4.69, 9.17) is 9.15 Å². The van der Waals surface area contributed by atoms with Gasteiger partial charge in [-0.15, -0.1) is 10.2 Å². The van der Waals surface area contributed by atoms with E-state index in [1.165, 1.54) is 13.2 Å². The number of halogens is 2. The molecule has 3 rings (SSSR count). The van der Waals surface area contributed by atoms with Crippen molar-refractivity contribution in [3.63, 3.8) is 0 Å². The summed E-state index contributed by atoms with van der Waals surface area (Å²) in [6.07, 6.45) is 0. The van der Waals surface area contributed by atoms with Crippen molar-refractivity contribution >= 4 is 11.6 Å². The Kier molecular flexibility index (Phi) is 4.19. The van der Waals surface area contributed by atoms with Crippen molar-refractivity contribution in [1.82, 2.24) is 10.2 Å². The minimum atomic E-state index is -1.07. The second-order valence-corrected chi connectivity index (χ2v) is 4.73. The van der Waals surface area contributed by atoms with Crippen LogP contribution < -0.4 is 10.1 Å². The SMILES string of the molecule is COc1cccc(-c2nnc(C(=O)Nc3ccc(F)c(F)c3)o2)c1. The summed E-state index contributed by atoms with van der Waals surface area (Å²) in [6.45, 7) is 0. The van der Waals surface area contributed by atoms with Crippen molar-refractivity contribution in [3.05, 3.63) is 60.0 Å². The third kappa shape index (κ3) is 3.22. The van der Waals surface area contributed by atoms with Crippen LogP contribution in [0, 0.1) is 11.6 Å². The number of ether oxygens (including phenoxy) is 1. The van der Waals surface area contributed by atoms with Gasteiger partial charge < -0.3 is 14.5 Å². The smallest absolute Gasteiger partial charge is 0.313 e. The molecule has 0 bridgehead atoms. The van der Waals surface area contributed by atoms with Gasteiger partial charge in [-0.1, -0.05) is 6.07 Å². The molecule has 2 aromatic carbocycles. The number of hydrogen-bond donors (Lipinski definition) is 1. The van der Waals surface area contributed by atoms with E-state index in [2.05, 4.69) is 15.5 Å². The standard InChI is InChI=1S/C16H11F2N3O3/c1-23-11-4-2-3-9(7-11)15-20-21-16(24-15)14(22)19-10-5-6-12(17)13(18)8-10/h2-8H,1H3,(H,19,22). The van der Waals surface area contributed by atoms with Crippen molar-refractivity contribution in [1.29, 1.82) is 0 Å². The second-order valence-electron chi connectivity index (χ2n) is 4.73. The summed E-state index contributed by atoms with van der Waals surface area (Å²) in [5.41, 5.74) is 0.647. The predicted octanol–water partition coefficient (Wildman–Crippen LogP) is 3.28. The molecule has 0 atom stereocenters. The Morgan fingerprint density at radius 1 is 1.12 bits per heavy atom. The van der Waals surface area contributed by atoms with Gasteiger partial charge in [0.05, 0.1) is 7.11 Å². The predicted molar refractivity (Wildman–Crippen MR) is 80.6 cm³/mol. The Morgan fingerprint density at radius 2 is 1.96 bits per heavy atom. The number of amides is 1. The highest BCUT2D eigenvalue weighted by Crippen LogP contribution is 2.23. The molecule has 0 unspecified atom stereocenters. The number of methoxy groups -OCH3 is 1. The summed E-state index contributed by atoms with van der Waals surface area (Å²) >= 11 is 0. The van der Waals surface area contributed by atoms with E-state index < -0.39 is 17.5 Å². The van der Waals surface area contributed by atoms with Crippen LogP contribution in [0.1, 0.15) is 10.7 Å². The van der Waals surface area contributed by atoms with Crippen molar-refractivity contribution in [3.8, 4) is 17.2 Å². The molecule has 122 valence electrons. The van der Waals surface area contributed by atoms with Crippen LogP contribution in [-0.2, 0) is 0 Å². The molecule has 0 radical (unpaired) electrons. The molecule has 0 saturated carbocycles. The minimum absolute atomic E-state index is 0.0695. The van der Waals surface area contributed by atoms with Crippen LogP contribution >= 0.6 is 0 Å². The first-order valence-corrected chi connectivity index (χ1v) is 6.81. The van der Waals surface area contributed by atoms with Crippen LogP contribution in [-0.4, -0.2) is 23.2 Å². The third-order valence-electron chi connectivity index (χ3n) is 3.11. The lowest BCUT2D eigenvalue weighted by Crippen LogP contribution is -2.12. The Bertz CT molecular complexity index is 896. The van der Waals surface area contributed by atoms with Crippen LogP contribution in [0.15, 0.2) is 46.9 Å². The zero-order chi connectivity index (χ0) is 17.1. The molecule has 1 amide bonds. The van der Waals surface area contributed by atoms with Crippen LogP contribution in [0.3, 0.4) is 0 Å². The van der Waals surface area contributed by atoms with Crippen molar-refractivity contribution in [2.75, 3.05) is 12.4 Å². The Balaban J connectivity index is 1.79. The van der Waals surface area contributed by atoms with Crippen molar-refractivity contribution in [2.45, 2.75) is 0 Å². The summed E-state index contributed by atoms with van der Waals surface area (Å²) < 4.78 is 36.4. The average molecular weight is 331 g/mol. The van der Waals surface area contributed by atoms with Crippen LogP contribution in [0.4, 0.5) is 14.5 Å². The Labute approximate surface area is 135 Å². The van der Waals surface area contributed by atoms with E-state index in [0.29, 0.717) is 11.3 Å². The molecule has 8 heteroatoms. The number of rotatable bonds is 4. The van der Waals surface area contributed by atoms with E-state index in [9.17, 15) is 13.6 Å². The number of aromatic nitrogens is 2.